The molecule has 1 aromatic heterocycles. The van der Waals surface area contributed by atoms with Crippen molar-refractivity contribution in [2.75, 3.05) is 6.54 Å². The standard InChI is InChI=1S/C17H22N4O.ClH/c1-13-9-15(7-8-18-13)17(22)19-10-14-11-20-21(12-14)16-5-3-2-4-6-16;/h2-6,11-13,15,18H,7-10H2,1H3,(H,19,22);1H/t13-,15-;/m0./s1. The highest BCUT2D eigenvalue weighted by molar-refractivity contribution is 5.85. The van der Waals surface area contributed by atoms with Crippen LogP contribution in [0.4, 0.5) is 0 Å². The van der Waals surface area contributed by atoms with Gasteiger partial charge in [-0.25, -0.2) is 4.68 Å². The Bertz CT molecular complexity index is 629. The van der Waals surface area contributed by atoms with E-state index in [0.29, 0.717) is 12.6 Å². The van der Waals surface area contributed by atoms with Gasteiger partial charge in [-0.2, -0.15) is 5.10 Å². The minimum Gasteiger partial charge on any atom is -0.352 e. The van der Waals surface area contributed by atoms with Crippen LogP contribution < -0.4 is 10.6 Å². The number of carbonyl (C=O) groups excluding carboxylic acids is 1. The van der Waals surface area contributed by atoms with Crippen LogP contribution in [-0.2, 0) is 11.3 Å². The lowest BCUT2D eigenvalue weighted by molar-refractivity contribution is -0.126. The van der Waals surface area contributed by atoms with Gasteiger partial charge in [0.2, 0.25) is 5.91 Å². The number of nitrogens with one attached hydrogen (secondary N) is 2. The first-order chi connectivity index (χ1) is 10.7. The highest BCUT2D eigenvalue weighted by atomic mass is 35.5. The number of aromatic nitrogens is 2. The lowest BCUT2D eigenvalue weighted by Gasteiger charge is -2.27. The molecule has 1 aliphatic rings. The first-order valence-electron chi connectivity index (χ1n) is 7.82. The van der Waals surface area contributed by atoms with Crippen LogP contribution in [0.2, 0.25) is 0 Å². The molecule has 1 saturated heterocycles. The van der Waals surface area contributed by atoms with Gasteiger partial charge in [-0.15, -0.1) is 12.4 Å². The molecule has 3 rings (SSSR count). The van der Waals surface area contributed by atoms with Crippen molar-refractivity contribution in [1.29, 1.82) is 0 Å². The van der Waals surface area contributed by atoms with Crippen LogP contribution in [0.1, 0.15) is 25.3 Å². The third kappa shape index (κ3) is 4.56. The largest absolute Gasteiger partial charge is 0.352 e. The summed E-state index contributed by atoms with van der Waals surface area (Å²) in [5.74, 6) is 0.279. The number of hydrogen-bond donors (Lipinski definition) is 2. The zero-order chi connectivity index (χ0) is 15.4. The fourth-order valence-electron chi connectivity index (χ4n) is 2.88. The lowest BCUT2D eigenvalue weighted by Crippen LogP contribution is -2.42. The second-order valence-electron chi connectivity index (χ2n) is 5.92. The molecule has 6 heteroatoms. The molecule has 0 spiro atoms. The first-order valence-corrected chi connectivity index (χ1v) is 7.82. The van der Waals surface area contributed by atoms with E-state index in [2.05, 4.69) is 22.7 Å². The Morgan fingerprint density at radius 1 is 1.39 bits per heavy atom. The van der Waals surface area contributed by atoms with Gasteiger partial charge < -0.3 is 10.6 Å². The van der Waals surface area contributed by atoms with Gasteiger partial charge >= 0.3 is 0 Å². The summed E-state index contributed by atoms with van der Waals surface area (Å²) in [5.41, 5.74) is 2.03. The molecule has 1 aromatic carbocycles. The Hall–Kier alpha value is -1.85. The Kier molecular flexibility index (Phi) is 6.19. The summed E-state index contributed by atoms with van der Waals surface area (Å²) in [6, 6.07) is 10.4. The van der Waals surface area contributed by atoms with E-state index in [1.807, 2.05) is 41.2 Å². The molecule has 5 nitrogen and oxygen atoms in total. The van der Waals surface area contributed by atoms with E-state index in [1.54, 1.807) is 6.20 Å². The van der Waals surface area contributed by atoms with Crippen molar-refractivity contribution >= 4 is 18.3 Å². The molecular formula is C17H23ClN4O. The Morgan fingerprint density at radius 2 is 2.17 bits per heavy atom. The monoisotopic (exact) mass is 334 g/mol. The summed E-state index contributed by atoms with van der Waals surface area (Å²) < 4.78 is 1.83. The van der Waals surface area contributed by atoms with Crippen LogP contribution in [0.3, 0.4) is 0 Å². The van der Waals surface area contributed by atoms with Crippen LogP contribution >= 0.6 is 12.4 Å². The molecule has 23 heavy (non-hydrogen) atoms. The predicted molar refractivity (Wildman–Crippen MR) is 92.8 cm³/mol. The molecule has 2 heterocycles. The van der Waals surface area contributed by atoms with E-state index >= 15 is 0 Å². The Balaban J connectivity index is 0.00000192. The van der Waals surface area contributed by atoms with Gasteiger partial charge in [0.1, 0.15) is 0 Å². The molecule has 2 atom stereocenters. The summed E-state index contributed by atoms with van der Waals surface area (Å²) in [6.07, 6.45) is 5.59. The fourth-order valence-corrected chi connectivity index (χ4v) is 2.88. The van der Waals surface area contributed by atoms with E-state index in [4.69, 9.17) is 0 Å². The molecule has 1 amide bonds. The number of halogens is 1. The molecule has 1 aliphatic heterocycles. The third-order valence-corrected chi connectivity index (χ3v) is 4.12. The average Bonchev–Trinajstić information content (AvgIpc) is 3.02. The molecule has 1 fully saturated rings. The van der Waals surface area contributed by atoms with Gasteiger partial charge in [-0.1, -0.05) is 18.2 Å². The molecule has 0 bridgehead atoms. The maximum atomic E-state index is 12.2. The molecular weight excluding hydrogens is 312 g/mol. The van der Waals surface area contributed by atoms with Gasteiger partial charge in [0.05, 0.1) is 11.9 Å². The molecule has 2 N–H and O–H groups in total. The summed E-state index contributed by atoms with van der Waals surface area (Å²) in [4.78, 5) is 12.2. The second kappa shape index (κ2) is 8.13. The quantitative estimate of drug-likeness (QED) is 0.902. The van der Waals surface area contributed by atoms with Gasteiger partial charge in [0.25, 0.3) is 0 Å². The van der Waals surface area contributed by atoms with Crippen LogP contribution in [0.5, 0.6) is 0 Å². The Labute approximate surface area is 142 Å². The van der Waals surface area contributed by atoms with E-state index in [9.17, 15) is 4.79 Å². The van der Waals surface area contributed by atoms with Crippen molar-refractivity contribution in [1.82, 2.24) is 20.4 Å². The minimum atomic E-state index is 0. The number of para-hydroxylation sites is 1. The topological polar surface area (TPSA) is 59.0 Å². The van der Waals surface area contributed by atoms with Gasteiger partial charge in [-0.05, 0) is 38.4 Å². The van der Waals surface area contributed by atoms with Crippen LogP contribution in [0.15, 0.2) is 42.7 Å². The van der Waals surface area contributed by atoms with Crippen molar-refractivity contribution in [2.24, 2.45) is 5.92 Å². The lowest BCUT2D eigenvalue weighted by atomic mass is 9.92. The van der Waals surface area contributed by atoms with Crippen molar-refractivity contribution in [3.63, 3.8) is 0 Å². The van der Waals surface area contributed by atoms with E-state index < -0.39 is 0 Å². The number of hydrogen-bond acceptors (Lipinski definition) is 3. The van der Waals surface area contributed by atoms with Gasteiger partial charge in [0, 0.05) is 30.3 Å². The third-order valence-electron chi connectivity index (χ3n) is 4.12. The average molecular weight is 335 g/mol. The molecule has 124 valence electrons. The number of carbonyl (C=O) groups is 1. The maximum Gasteiger partial charge on any atom is 0.223 e. The van der Waals surface area contributed by atoms with Gasteiger partial charge in [0.15, 0.2) is 0 Å². The van der Waals surface area contributed by atoms with Crippen LogP contribution in [0.25, 0.3) is 5.69 Å². The van der Waals surface area contributed by atoms with Crippen LogP contribution in [0, 0.1) is 5.92 Å². The van der Waals surface area contributed by atoms with Crippen molar-refractivity contribution in [3.8, 4) is 5.69 Å². The predicted octanol–water partition coefficient (Wildman–Crippen LogP) is 2.30. The molecule has 0 unspecified atom stereocenters. The van der Waals surface area contributed by atoms with Crippen molar-refractivity contribution in [3.05, 3.63) is 48.3 Å². The Morgan fingerprint density at radius 3 is 2.91 bits per heavy atom. The zero-order valence-electron chi connectivity index (χ0n) is 13.2. The molecule has 0 aliphatic carbocycles. The van der Waals surface area contributed by atoms with Crippen molar-refractivity contribution < 1.29 is 4.79 Å². The smallest absolute Gasteiger partial charge is 0.223 e. The normalized spacial score (nSPS) is 20.6. The summed E-state index contributed by atoms with van der Waals surface area (Å²) >= 11 is 0. The number of amides is 1. The van der Waals surface area contributed by atoms with E-state index in [-0.39, 0.29) is 24.2 Å². The number of benzene rings is 1. The van der Waals surface area contributed by atoms with E-state index in [1.165, 1.54) is 0 Å². The maximum absolute atomic E-state index is 12.2. The zero-order valence-corrected chi connectivity index (χ0v) is 14.1. The van der Waals surface area contributed by atoms with E-state index in [0.717, 1.165) is 30.6 Å². The summed E-state index contributed by atoms with van der Waals surface area (Å²) in [5, 5.41) is 10.7. The highest BCUT2D eigenvalue weighted by Gasteiger charge is 2.24. The van der Waals surface area contributed by atoms with Crippen molar-refractivity contribution in [2.45, 2.75) is 32.4 Å². The second-order valence-corrected chi connectivity index (χ2v) is 5.92. The molecule has 0 radical (unpaired) electrons. The molecule has 2 aromatic rings. The van der Waals surface area contributed by atoms with Gasteiger partial charge in [-0.3, -0.25) is 4.79 Å². The summed E-state index contributed by atoms with van der Waals surface area (Å²) in [6.45, 7) is 3.58. The number of rotatable bonds is 4. The first kappa shape index (κ1) is 17.5. The number of nitrogens with zero attached hydrogens (tertiary/aromatic N) is 2. The number of piperidine rings is 1. The van der Waals surface area contributed by atoms with Crippen LogP contribution in [-0.4, -0.2) is 28.3 Å². The molecule has 0 saturated carbocycles. The highest BCUT2D eigenvalue weighted by Crippen LogP contribution is 2.16. The fraction of sp³-hybridized carbons (Fsp3) is 0.412. The summed E-state index contributed by atoms with van der Waals surface area (Å²) in [7, 11) is 0. The SMILES string of the molecule is C[C@H]1C[C@@H](C(=O)NCc2cnn(-c3ccccc3)c2)CCN1.Cl. The minimum absolute atomic E-state index is 0.